The molecule has 0 bridgehead atoms. The van der Waals surface area contributed by atoms with Crippen molar-refractivity contribution in [2.75, 3.05) is 16.3 Å². The summed E-state index contributed by atoms with van der Waals surface area (Å²) in [5.41, 5.74) is 1.42. The van der Waals surface area contributed by atoms with E-state index in [0.717, 1.165) is 21.7 Å². The van der Waals surface area contributed by atoms with Crippen LogP contribution < -0.4 is 15.1 Å². The lowest BCUT2D eigenvalue weighted by Crippen LogP contribution is -2.76. The van der Waals surface area contributed by atoms with Crippen molar-refractivity contribution in [3.05, 3.63) is 63.2 Å². The van der Waals surface area contributed by atoms with Crippen molar-refractivity contribution in [1.29, 1.82) is 0 Å². The Morgan fingerprint density at radius 3 is 2.57 bits per heavy atom. The first kappa shape index (κ1) is 23.0. The molecule has 10 nitrogen and oxygen atoms in total. The Kier molecular flexibility index (Phi) is 5.17. The molecule has 3 aliphatic rings. The van der Waals surface area contributed by atoms with Crippen LogP contribution in [0.15, 0.2) is 36.4 Å². The number of nitrogens with zero attached hydrogens (tertiary/aromatic N) is 3. The first-order valence-electron chi connectivity index (χ1n) is 11.5. The summed E-state index contributed by atoms with van der Waals surface area (Å²) in [6.07, 6.45) is -0.810. The Morgan fingerprint density at radius 2 is 1.86 bits per heavy atom. The van der Waals surface area contributed by atoms with Gasteiger partial charge in [0, 0.05) is 30.8 Å². The van der Waals surface area contributed by atoms with Gasteiger partial charge < -0.3 is 9.64 Å². The number of nitrogens with one attached hydrogen (secondary N) is 1. The van der Waals surface area contributed by atoms with E-state index >= 15 is 0 Å². The largest absolute Gasteiger partial charge is 0.372 e. The summed E-state index contributed by atoms with van der Waals surface area (Å²) < 4.78 is 6.08. The van der Waals surface area contributed by atoms with Crippen LogP contribution in [0, 0.1) is 29.4 Å². The van der Waals surface area contributed by atoms with Gasteiger partial charge in [-0.25, -0.2) is 9.69 Å². The average Bonchev–Trinajstić information content (AvgIpc) is 2.79. The molecule has 1 N–H and O–H groups in total. The van der Waals surface area contributed by atoms with Crippen LogP contribution in [0.1, 0.15) is 30.5 Å². The maximum Gasteiger partial charge on any atom is 0.335 e. The Hall–Kier alpha value is -3.79. The third-order valence-electron chi connectivity index (χ3n) is 7.47. The molecule has 35 heavy (non-hydrogen) atoms. The summed E-state index contributed by atoms with van der Waals surface area (Å²) in [7, 11) is 0. The van der Waals surface area contributed by atoms with E-state index < -0.39 is 40.3 Å². The lowest BCUT2D eigenvalue weighted by Gasteiger charge is -2.56. The average molecular weight is 479 g/mol. The zero-order valence-corrected chi connectivity index (χ0v) is 19.9. The molecule has 0 aromatic heterocycles. The van der Waals surface area contributed by atoms with E-state index in [2.05, 4.69) is 5.32 Å². The Balaban J connectivity index is 1.73. The highest BCUT2D eigenvalue weighted by molar-refractivity contribution is 6.31. The minimum atomic E-state index is -1.72. The topological polar surface area (TPSA) is 122 Å². The predicted octanol–water partition coefficient (Wildman–Crippen LogP) is 3.02. The molecule has 2 saturated heterocycles. The number of amides is 4. The lowest BCUT2D eigenvalue weighted by atomic mass is 9.66. The molecule has 0 unspecified atom stereocenters. The molecule has 3 heterocycles. The molecule has 0 aliphatic carbocycles. The number of carbonyl (C=O) groups excluding carboxylic acids is 3. The summed E-state index contributed by atoms with van der Waals surface area (Å²) in [4.78, 5) is 55.0. The number of nitro groups is 1. The highest BCUT2D eigenvalue weighted by Gasteiger charge is 2.65. The van der Waals surface area contributed by atoms with Gasteiger partial charge in [-0.05, 0) is 56.5 Å². The normalized spacial score (nSPS) is 28.0. The minimum absolute atomic E-state index is 0.0907. The molecule has 2 aromatic rings. The SMILES string of the molecule is Cc1cccc(N2C(=O)NC(=O)[C@]3(Cc4cc([N+](=O)[O-])ccc4N4C[C@H](C)O[C@@H](C)[C@@H]43)C2=O)c1C. The highest BCUT2D eigenvalue weighted by Crippen LogP contribution is 2.49. The Bertz CT molecular complexity index is 1290. The van der Waals surface area contributed by atoms with E-state index in [0.29, 0.717) is 17.8 Å². The van der Waals surface area contributed by atoms with Crippen molar-refractivity contribution in [3.63, 3.8) is 0 Å². The zero-order chi connectivity index (χ0) is 25.2. The van der Waals surface area contributed by atoms with Gasteiger partial charge in [-0.2, -0.15) is 0 Å². The molecule has 5 rings (SSSR count). The van der Waals surface area contributed by atoms with Crippen molar-refractivity contribution < 1.29 is 24.0 Å². The number of aryl methyl sites for hydroxylation is 1. The number of non-ortho nitro benzene ring substituents is 1. The molecule has 3 aliphatic heterocycles. The van der Waals surface area contributed by atoms with Gasteiger partial charge in [0.1, 0.15) is 0 Å². The minimum Gasteiger partial charge on any atom is -0.372 e. The quantitative estimate of drug-likeness (QED) is 0.400. The van der Waals surface area contributed by atoms with Gasteiger partial charge in [0.05, 0.1) is 28.9 Å². The molecule has 182 valence electrons. The van der Waals surface area contributed by atoms with Gasteiger partial charge in [-0.1, -0.05) is 12.1 Å². The molecule has 2 aromatic carbocycles. The van der Waals surface area contributed by atoms with E-state index in [1.54, 1.807) is 18.2 Å². The van der Waals surface area contributed by atoms with Crippen LogP contribution in [0.4, 0.5) is 21.9 Å². The van der Waals surface area contributed by atoms with Crippen molar-refractivity contribution in [3.8, 4) is 0 Å². The van der Waals surface area contributed by atoms with Crippen LogP contribution in [0.5, 0.6) is 0 Å². The Morgan fingerprint density at radius 1 is 1.11 bits per heavy atom. The van der Waals surface area contributed by atoms with Gasteiger partial charge >= 0.3 is 6.03 Å². The number of anilines is 2. The predicted molar refractivity (Wildman–Crippen MR) is 127 cm³/mol. The van der Waals surface area contributed by atoms with Crippen molar-refractivity contribution in [2.45, 2.75) is 52.4 Å². The van der Waals surface area contributed by atoms with E-state index in [9.17, 15) is 24.5 Å². The molecule has 0 radical (unpaired) electrons. The van der Waals surface area contributed by atoms with E-state index in [1.807, 2.05) is 38.7 Å². The lowest BCUT2D eigenvalue weighted by molar-refractivity contribution is -0.384. The van der Waals surface area contributed by atoms with E-state index in [4.69, 9.17) is 4.74 Å². The zero-order valence-electron chi connectivity index (χ0n) is 19.9. The van der Waals surface area contributed by atoms with Crippen LogP contribution in [0.3, 0.4) is 0 Å². The van der Waals surface area contributed by atoms with Crippen molar-refractivity contribution in [1.82, 2.24) is 5.32 Å². The molecular formula is C25H26N4O6. The molecule has 4 atom stereocenters. The first-order chi connectivity index (χ1) is 16.6. The fourth-order valence-electron chi connectivity index (χ4n) is 5.82. The number of morpholine rings is 1. The monoisotopic (exact) mass is 478 g/mol. The third-order valence-corrected chi connectivity index (χ3v) is 7.47. The van der Waals surface area contributed by atoms with E-state index in [1.165, 1.54) is 12.1 Å². The standard InChI is InChI=1S/C25H26N4O6/c1-13-6-5-7-19(15(13)3)28-23(31)25(22(30)26-24(28)32)11-17-10-18(29(33)34)8-9-20(17)27-12-14(2)35-16(4)21(25)27/h5-10,14,16,21H,11-12H2,1-4H3,(H,26,30,32)/t14-,16-,21+,25+/m0/s1. The second-order valence-corrected chi connectivity index (χ2v) is 9.59. The first-order valence-corrected chi connectivity index (χ1v) is 11.5. The van der Waals surface area contributed by atoms with Crippen LogP contribution in [0.25, 0.3) is 0 Å². The van der Waals surface area contributed by atoms with Crippen LogP contribution in [0.2, 0.25) is 0 Å². The molecule has 10 heteroatoms. The number of benzene rings is 2. The molecule has 0 saturated carbocycles. The second-order valence-electron chi connectivity index (χ2n) is 9.59. The Labute approximate surface area is 202 Å². The second kappa shape index (κ2) is 7.88. The summed E-state index contributed by atoms with van der Waals surface area (Å²) in [6.45, 7) is 7.79. The third kappa shape index (κ3) is 3.23. The fourth-order valence-corrected chi connectivity index (χ4v) is 5.82. The van der Waals surface area contributed by atoms with E-state index in [-0.39, 0.29) is 18.2 Å². The number of nitro benzene ring substituents is 1. The van der Waals surface area contributed by atoms with Crippen LogP contribution in [-0.2, 0) is 20.7 Å². The maximum absolute atomic E-state index is 14.3. The van der Waals surface area contributed by atoms with Crippen molar-refractivity contribution >= 4 is 34.9 Å². The molecular weight excluding hydrogens is 452 g/mol. The van der Waals surface area contributed by atoms with Gasteiger partial charge in [-0.15, -0.1) is 0 Å². The van der Waals surface area contributed by atoms with Gasteiger partial charge in [0.25, 0.3) is 11.6 Å². The number of rotatable bonds is 2. The number of urea groups is 1. The number of hydrogen-bond acceptors (Lipinski definition) is 7. The highest BCUT2D eigenvalue weighted by atomic mass is 16.6. The van der Waals surface area contributed by atoms with Gasteiger partial charge in [0.2, 0.25) is 5.91 Å². The summed E-state index contributed by atoms with van der Waals surface area (Å²) in [6, 6.07) is 8.28. The number of carbonyl (C=O) groups is 3. The number of ether oxygens (including phenoxy) is 1. The summed E-state index contributed by atoms with van der Waals surface area (Å²) >= 11 is 0. The van der Waals surface area contributed by atoms with Gasteiger partial charge in [-0.3, -0.25) is 25.0 Å². The molecule has 4 amide bonds. The van der Waals surface area contributed by atoms with Crippen LogP contribution in [-0.4, -0.2) is 47.6 Å². The summed E-state index contributed by atoms with van der Waals surface area (Å²) in [5.74, 6) is -1.37. The number of hydrogen-bond donors (Lipinski definition) is 1. The number of fused-ring (bicyclic) bond motifs is 4. The number of barbiturate groups is 1. The van der Waals surface area contributed by atoms with Crippen molar-refractivity contribution in [2.24, 2.45) is 5.41 Å². The van der Waals surface area contributed by atoms with Crippen LogP contribution >= 0.6 is 0 Å². The maximum atomic E-state index is 14.3. The number of imide groups is 2. The fraction of sp³-hybridized carbons (Fsp3) is 0.400. The smallest absolute Gasteiger partial charge is 0.335 e. The molecule has 2 fully saturated rings. The molecule has 1 spiro atoms. The summed E-state index contributed by atoms with van der Waals surface area (Å²) in [5, 5.41) is 13.9. The van der Waals surface area contributed by atoms with Gasteiger partial charge in [0.15, 0.2) is 5.41 Å².